The summed E-state index contributed by atoms with van der Waals surface area (Å²) in [7, 11) is 1.71. The van der Waals surface area contributed by atoms with E-state index in [4.69, 9.17) is 14.2 Å². The van der Waals surface area contributed by atoms with E-state index in [1.807, 2.05) is 13.0 Å². The number of guanidine groups is 1. The summed E-state index contributed by atoms with van der Waals surface area (Å²) in [6.07, 6.45) is 1.04. The lowest BCUT2D eigenvalue weighted by molar-refractivity contribution is 0.166. The van der Waals surface area contributed by atoms with E-state index in [-0.39, 0.29) is 11.6 Å². The third-order valence-electron chi connectivity index (χ3n) is 5.15. The lowest BCUT2D eigenvalue weighted by atomic mass is 10.1. The molecule has 0 saturated carbocycles. The topological polar surface area (TPSA) is 64.1 Å². The monoisotopic (exact) mass is 429 g/mol. The molecule has 1 atom stereocenters. The molecular weight excluding hydrogens is 397 g/mol. The number of hydrogen-bond donors (Lipinski definition) is 2. The summed E-state index contributed by atoms with van der Waals surface area (Å²) >= 11 is 0. The molecule has 168 valence electrons. The van der Waals surface area contributed by atoms with Crippen LogP contribution in [0.3, 0.4) is 0 Å². The van der Waals surface area contributed by atoms with Crippen LogP contribution in [0.4, 0.5) is 4.39 Å². The predicted molar refractivity (Wildman–Crippen MR) is 120 cm³/mol. The van der Waals surface area contributed by atoms with Crippen LogP contribution in [0, 0.1) is 18.7 Å². The van der Waals surface area contributed by atoms with Gasteiger partial charge in [-0.15, -0.1) is 0 Å². The molecule has 0 spiro atoms. The van der Waals surface area contributed by atoms with Crippen molar-refractivity contribution in [2.45, 2.75) is 33.4 Å². The van der Waals surface area contributed by atoms with Crippen molar-refractivity contribution < 1.29 is 18.6 Å². The second-order valence-corrected chi connectivity index (χ2v) is 7.63. The van der Waals surface area contributed by atoms with Gasteiger partial charge < -0.3 is 24.8 Å². The van der Waals surface area contributed by atoms with Crippen molar-refractivity contribution in [3.05, 3.63) is 58.9 Å². The quantitative estimate of drug-likeness (QED) is 0.469. The lowest BCUT2D eigenvalue weighted by Crippen LogP contribution is -2.36. The summed E-state index contributed by atoms with van der Waals surface area (Å²) in [4.78, 5) is 4.26. The third kappa shape index (κ3) is 6.85. The van der Waals surface area contributed by atoms with E-state index in [9.17, 15) is 4.39 Å². The molecule has 0 aliphatic carbocycles. The number of nitrogens with one attached hydrogen (secondary N) is 2. The van der Waals surface area contributed by atoms with Crippen LogP contribution in [0.1, 0.15) is 30.0 Å². The van der Waals surface area contributed by atoms with Crippen molar-refractivity contribution in [2.75, 3.05) is 33.5 Å². The Bertz CT molecular complexity index is 882. The second-order valence-electron chi connectivity index (χ2n) is 7.63. The standard InChI is InChI=1S/C24H32FN3O3/c1-4-30-22-8-6-18(12-21(22)25)13-27-24(26-3)28-14-20-7-5-17(2)11-23(20)31-16-19-9-10-29-15-19/h5-8,11-12,19H,4,9-10,13-16H2,1-3H3,(H2,26,27,28). The molecule has 7 heteroatoms. The zero-order chi connectivity index (χ0) is 22.1. The number of aliphatic imine (C=N–C) groups is 1. The highest BCUT2D eigenvalue weighted by Gasteiger charge is 2.17. The molecular formula is C24H32FN3O3. The minimum absolute atomic E-state index is 0.268. The van der Waals surface area contributed by atoms with Crippen molar-refractivity contribution in [2.24, 2.45) is 10.9 Å². The van der Waals surface area contributed by atoms with E-state index < -0.39 is 0 Å². The number of halogens is 1. The van der Waals surface area contributed by atoms with Crippen LogP contribution >= 0.6 is 0 Å². The molecule has 0 radical (unpaired) electrons. The highest BCUT2D eigenvalue weighted by molar-refractivity contribution is 5.79. The Morgan fingerprint density at radius 1 is 1.13 bits per heavy atom. The van der Waals surface area contributed by atoms with Crippen LogP contribution in [-0.4, -0.2) is 39.4 Å². The Hall–Kier alpha value is -2.80. The van der Waals surface area contributed by atoms with Crippen LogP contribution in [0.5, 0.6) is 11.5 Å². The fourth-order valence-corrected chi connectivity index (χ4v) is 3.38. The third-order valence-corrected chi connectivity index (χ3v) is 5.15. The maximum Gasteiger partial charge on any atom is 0.191 e. The molecule has 1 saturated heterocycles. The first-order valence-electron chi connectivity index (χ1n) is 10.7. The Balaban J connectivity index is 1.54. The van der Waals surface area contributed by atoms with Crippen molar-refractivity contribution in [1.29, 1.82) is 0 Å². The minimum atomic E-state index is -0.363. The summed E-state index contributed by atoms with van der Waals surface area (Å²) in [5, 5.41) is 6.52. The first-order chi connectivity index (χ1) is 15.1. The molecule has 0 bridgehead atoms. The van der Waals surface area contributed by atoms with Gasteiger partial charge in [-0.3, -0.25) is 4.99 Å². The highest BCUT2D eigenvalue weighted by Crippen LogP contribution is 2.23. The van der Waals surface area contributed by atoms with E-state index in [0.29, 0.717) is 38.2 Å². The molecule has 1 heterocycles. The SMILES string of the molecule is CCOc1ccc(CNC(=NC)NCc2ccc(C)cc2OCC2CCOC2)cc1F. The zero-order valence-electron chi connectivity index (χ0n) is 18.5. The molecule has 2 aromatic rings. The molecule has 2 N–H and O–H groups in total. The molecule has 0 aromatic heterocycles. The van der Waals surface area contributed by atoms with Crippen molar-refractivity contribution in [1.82, 2.24) is 10.6 Å². The van der Waals surface area contributed by atoms with Gasteiger partial charge in [-0.05, 0) is 49.6 Å². The Morgan fingerprint density at radius 2 is 1.97 bits per heavy atom. The van der Waals surface area contributed by atoms with Gasteiger partial charge in [0, 0.05) is 38.2 Å². The maximum atomic E-state index is 14.1. The highest BCUT2D eigenvalue weighted by atomic mass is 19.1. The molecule has 0 amide bonds. The van der Waals surface area contributed by atoms with Gasteiger partial charge in [0.05, 0.1) is 19.8 Å². The van der Waals surface area contributed by atoms with Gasteiger partial charge >= 0.3 is 0 Å². The van der Waals surface area contributed by atoms with Gasteiger partial charge in [0.25, 0.3) is 0 Å². The van der Waals surface area contributed by atoms with Crippen LogP contribution in [-0.2, 0) is 17.8 Å². The van der Waals surface area contributed by atoms with Gasteiger partial charge in [0.2, 0.25) is 0 Å². The molecule has 1 aliphatic heterocycles. The smallest absolute Gasteiger partial charge is 0.191 e. The summed E-state index contributed by atoms with van der Waals surface area (Å²) < 4.78 is 30.8. The summed E-state index contributed by atoms with van der Waals surface area (Å²) in [6.45, 7) is 7.57. The number of rotatable bonds is 9. The predicted octanol–water partition coefficient (Wildman–Crippen LogP) is 3.81. The second kappa shape index (κ2) is 11.6. The van der Waals surface area contributed by atoms with Gasteiger partial charge in [0.1, 0.15) is 5.75 Å². The largest absolute Gasteiger partial charge is 0.493 e. The molecule has 2 aromatic carbocycles. The van der Waals surface area contributed by atoms with Gasteiger partial charge in [-0.1, -0.05) is 18.2 Å². The number of ether oxygens (including phenoxy) is 3. The zero-order valence-corrected chi connectivity index (χ0v) is 18.5. The molecule has 3 rings (SSSR count). The van der Waals surface area contributed by atoms with Crippen LogP contribution in [0.25, 0.3) is 0 Å². The van der Waals surface area contributed by atoms with E-state index in [1.165, 1.54) is 6.07 Å². The number of hydrogen-bond acceptors (Lipinski definition) is 4. The maximum absolute atomic E-state index is 14.1. The van der Waals surface area contributed by atoms with Crippen LogP contribution in [0.2, 0.25) is 0 Å². The Labute approximate surface area is 183 Å². The summed E-state index contributed by atoms with van der Waals surface area (Å²) in [5.74, 6) is 1.86. The number of aryl methyl sites for hydroxylation is 1. The molecule has 1 unspecified atom stereocenters. The molecule has 1 aliphatic rings. The Kier molecular flexibility index (Phi) is 8.53. The number of benzene rings is 2. The fourth-order valence-electron chi connectivity index (χ4n) is 3.38. The van der Waals surface area contributed by atoms with Crippen LogP contribution in [0.15, 0.2) is 41.4 Å². The summed E-state index contributed by atoms with van der Waals surface area (Å²) in [5.41, 5.74) is 3.02. The van der Waals surface area contributed by atoms with Gasteiger partial charge in [-0.25, -0.2) is 4.39 Å². The van der Waals surface area contributed by atoms with E-state index in [1.54, 1.807) is 13.1 Å². The Morgan fingerprint density at radius 3 is 2.68 bits per heavy atom. The number of nitrogens with zero attached hydrogens (tertiary/aromatic N) is 1. The van der Waals surface area contributed by atoms with E-state index in [2.05, 4.69) is 40.7 Å². The molecule has 1 fully saturated rings. The van der Waals surface area contributed by atoms with Gasteiger partial charge in [-0.2, -0.15) is 0 Å². The first-order valence-corrected chi connectivity index (χ1v) is 10.7. The average molecular weight is 430 g/mol. The molecule has 6 nitrogen and oxygen atoms in total. The van der Waals surface area contributed by atoms with Crippen LogP contribution < -0.4 is 20.1 Å². The van der Waals surface area contributed by atoms with E-state index >= 15 is 0 Å². The molecule has 31 heavy (non-hydrogen) atoms. The van der Waals surface area contributed by atoms with E-state index in [0.717, 1.165) is 42.1 Å². The minimum Gasteiger partial charge on any atom is -0.493 e. The lowest BCUT2D eigenvalue weighted by Gasteiger charge is -2.17. The average Bonchev–Trinajstić information content (AvgIpc) is 3.29. The van der Waals surface area contributed by atoms with Crippen molar-refractivity contribution in [3.63, 3.8) is 0 Å². The van der Waals surface area contributed by atoms with Gasteiger partial charge in [0.15, 0.2) is 17.5 Å². The fraction of sp³-hybridized carbons (Fsp3) is 0.458. The normalized spacial score (nSPS) is 16.3. The first kappa shape index (κ1) is 22.9. The van der Waals surface area contributed by atoms with Crippen molar-refractivity contribution >= 4 is 5.96 Å². The summed E-state index contributed by atoms with van der Waals surface area (Å²) in [6, 6.07) is 11.2. The van der Waals surface area contributed by atoms with Crippen molar-refractivity contribution in [3.8, 4) is 11.5 Å².